The average Bonchev–Trinajstić information content (AvgIpc) is 2.27. The van der Waals surface area contributed by atoms with Crippen LogP contribution in [0.25, 0.3) is 0 Å². The molecule has 4 nitrogen and oxygen atoms in total. The summed E-state index contributed by atoms with van der Waals surface area (Å²) in [7, 11) is 0. The highest BCUT2D eigenvalue weighted by atomic mass is 79.9. The lowest BCUT2D eigenvalue weighted by atomic mass is 10.2. The molecule has 6 heteroatoms. The van der Waals surface area contributed by atoms with E-state index in [1.54, 1.807) is 6.92 Å². The van der Waals surface area contributed by atoms with Crippen molar-refractivity contribution in [2.24, 2.45) is 0 Å². The number of esters is 1. The smallest absolute Gasteiger partial charge is 0.357 e. The van der Waals surface area contributed by atoms with Gasteiger partial charge in [-0.3, -0.25) is 4.79 Å². The predicted molar refractivity (Wildman–Crippen MR) is 58.3 cm³/mol. The van der Waals surface area contributed by atoms with E-state index >= 15 is 0 Å². The van der Waals surface area contributed by atoms with Crippen LogP contribution in [-0.2, 0) is 4.74 Å². The summed E-state index contributed by atoms with van der Waals surface area (Å²) in [5.74, 6) is -1.84. The summed E-state index contributed by atoms with van der Waals surface area (Å²) in [5.41, 5.74) is -0.300. The molecule has 0 saturated heterocycles. The standard InChI is InChI=1S/C10H9BrFNO3/c1-2-16-10(15)8-4-6(12)3-7(13-8)9(14)5-11/h3-4H,2,5H2,1H3. The summed E-state index contributed by atoms with van der Waals surface area (Å²) in [6.45, 7) is 1.79. The second kappa shape index (κ2) is 5.69. The van der Waals surface area contributed by atoms with Gasteiger partial charge in [0, 0.05) is 12.1 Å². The highest BCUT2D eigenvalue weighted by molar-refractivity contribution is 9.09. The summed E-state index contributed by atoms with van der Waals surface area (Å²) < 4.78 is 17.8. The van der Waals surface area contributed by atoms with Gasteiger partial charge in [0.15, 0.2) is 11.5 Å². The van der Waals surface area contributed by atoms with Crippen molar-refractivity contribution in [3.63, 3.8) is 0 Å². The number of ketones is 1. The molecule has 1 heterocycles. The van der Waals surface area contributed by atoms with Crippen LogP contribution in [0.1, 0.15) is 27.9 Å². The number of Topliss-reactive ketones (excluding diaryl/α,β-unsaturated/α-hetero) is 1. The van der Waals surface area contributed by atoms with Crippen molar-refractivity contribution in [2.45, 2.75) is 6.92 Å². The van der Waals surface area contributed by atoms with Crippen LogP contribution in [-0.4, -0.2) is 28.7 Å². The molecular formula is C10H9BrFNO3. The minimum Gasteiger partial charge on any atom is -0.461 e. The molecule has 0 aliphatic carbocycles. The molecule has 0 fully saturated rings. The highest BCUT2D eigenvalue weighted by Gasteiger charge is 2.14. The van der Waals surface area contributed by atoms with E-state index in [4.69, 9.17) is 0 Å². The molecule has 0 N–H and O–H groups in total. The number of halogens is 2. The van der Waals surface area contributed by atoms with Crippen molar-refractivity contribution in [3.8, 4) is 0 Å². The average molecular weight is 290 g/mol. The van der Waals surface area contributed by atoms with E-state index in [2.05, 4.69) is 25.7 Å². The number of pyridine rings is 1. The highest BCUT2D eigenvalue weighted by Crippen LogP contribution is 2.08. The summed E-state index contributed by atoms with van der Waals surface area (Å²) in [5, 5.41) is 0.0196. The van der Waals surface area contributed by atoms with Crippen molar-refractivity contribution in [2.75, 3.05) is 11.9 Å². The minimum absolute atomic E-state index is 0.0196. The Hall–Kier alpha value is -1.30. The zero-order chi connectivity index (χ0) is 12.1. The van der Waals surface area contributed by atoms with Crippen LogP contribution in [0.3, 0.4) is 0 Å². The molecule has 0 aliphatic heterocycles. The van der Waals surface area contributed by atoms with E-state index in [0.717, 1.165) is 12.1 Å². The number of carbonyl (C=O) groups excluding carboxylic acids is 2. The van der Waals surface area contributed by atoms with Gasteiger partial charge in [0.25, 0.3) is 0 Å². The van der Waals surface area contributed by atoms with Crippen LogP contribution >= 0.6 is 15.9 Å². The van der Waals surface area contributed by atoms with Gasteiger partial charge in [0.2, 0.25) is 0 Å². The second-order valence-corrected chi connectivity index (χ2v) is 3.39. The van der Waals surface area contributed by atoms with E-state index in [-0.39, 0.29) is 23.3 Å². The Morgan fingerprint density at radius 1 is 1.44 bits per heavy atom. The summed E-state index contributed by atoms with van der Waals surface area (Å²) in [6, 6.07) is 1.91. The quantitative estimate of drug-likeness (QED) is 0.483. The fourth-order valence-corrected chi connectivity index (χ4v) is 1.31. The first kappa shape index (κ1) is 12.8. The molecule has 0 aromatic carbocycles. The fraction of sp³-hybridized carbons (Fsp3) is 0.300. The molecular weight excluding hydrogens is 281 g/mol. The van der Waals surface area contributed by atoms with E-state index in [0.29, 0.717) is 0 Å². The molecule has 1 aromatic heterocycles. The number of alkyl halides is 1. The summed E-state index contributed by atoms with van der Waals surface area (Å²) in [6.07, 6.45) is 0. The molecule has 0 atom stereocenters. The first-order valence-electron chi connectivity index (χ1n) is 4.52. The SMILES string of the molecule is CCOC(=O)c1cc(F)cc(C(=O)CBr)n1. The van der Waals surface area contributed by atoms with Crippen molar-refractivity contribution in [1.82, 2.24) is 4.98 Å². The fourth-order valence-electron chi connectivity index (χ4n) is 1.02. The maximum Gasteiger partial charge on any atom is 0.357 e. The largest absolute Gasteiger partial charge is 0.461 e. The van der Waals surface area contributed by atoms with Gasteiger partial charge in [-0.2, -0.15) is 0 Å². The van der Waals surface area contributed by atoms with Gasteiger partial charge in [0.05, 0.1) is 11.9 Å². The first-order valence-corrected chi connectivity index (χ1v) is 5.64. The van der Waals surface area contributed by atoms with Crippen LogP contribution in [0.15, 0.2) is 12.1 Å². The first-order chi connectivity index (χ1) is 7.58. The van der Waals surface area contributed by atoms with E-state index in [9.17, 15) is 14.0 Å². The van der Waals surface area contributed by atoms with Gasteiger partial charge in [-0.15, -0.1) is 0 Å². The summed E-state index contributed by atoms with van der Waals surface area (Å²) >= 11 is 2.94. The van der Waals surface area contributed by atoms with Gasteiger partial charge in [0.1, 0.15) is 11.5 Å². The van der Waals surface area contributed by atoms with Crippen LogP contribution < -0.4 is 0 Å². The number of hydrogen-bond donors (Lipinski definition) is 0. The zero-order valence-corrected chi connectivity index (χ0v) is 10.1. The Labute approximate surface area is 99.9 Å². The normalized spacial score (nSPS) is 9.94. The van der Waals surface area contributed by atoms with Crippen LogP contribution in [0, 0.1) is 5.82 Å². The van der Waals surface area contributed by atoms with Crippen molar-refractivity contribution < 1.29 is 18.7 Å². The number of hydrogen-bond acceptors (Lipinski definition) is 4. The van der Waals surface area contributed by atoms with E-state index in [1.807, 2.05) is 0 Å². The van der Waals surface area contributed by atoms with Crippen LogP contribution in [0.4, 0.5) is 4.39 Å². The third-order valence-electron chi connectivity index (χ3n) is 1.68. The van der Waals surface area contributed by atoms with Gasteiger partial charge < -0.3 is 4.74 Å². The third-order valence-corrected chi connectivity index (χ3v) is 2.19. The van der Waals surface area contributed by atoms with Gasteiger partial charge in [-0.05, 0) is 6.92 Å². The molecule has 0 amide bonds. The lowest BCUT2D eigenvalue weighted by molar-refractivity contribution is 0.0518. The van der Waals surface area contributed by atoms with Gasteiger partial charge >= 0.3 is 5.97 Å². The Morgan fingerprint density at radius 3 is 2.62 bits per heavy atom. The molecule has 0 radical (unpaired) electrons. The van der Waals surface area contributed by atoms with Crippen LogP contribution in [0.5, 0.6) is 0 Å². The molecule has 0 bridgehead atoms. The molecule has 0 unspecified atom stereocenters. The molecule has 86 valence electrons. The molecule has 16 heavy (non-hydrogen) atoms. The molecule has 1 aromatic rings. The Kier molecular flexibility index (Phi) is 4.54. The summed E-state index contributed by atoms with van der Waals surface area (Å²) in [4.78, 5) is 26.3. The van der Waals surface area contributed by atoms with Crippen molar-refractivity contribution in [1.29, 1.82) is 0 Å². The maximum atomic E-state index is 13.1. The Bertz CT molecular complexity index is 423. The Balaban J connectivity index is 3.07. The molecule has 0 aliphatic rings. The number of ether oxygens (including phenoxy) is 1. The monoisotopic (exact) mass is 289 g/mol. The van der Waals surface area contributed by atoms with Crippen molar-refractivity contribution >= 4 is 27.7 Å². The molecule has 1 rings (SSSR count). The lowest BCUT2D eigenvalue weighted by Crippen LogP contribution is -2.12. The van der Waals surface area contributed by atoms with Gasteiger partial charge in [-0.1, -0.05) is 15.9 Å². The number of nitrogens with zero attached hydrogens (tertiary/aromatic N) is 1. The van der Waals surface area contributed by atoms with E-state index < -0.39 is 17.6 Å². The van der Waals surface area contributed by atoms with Crippen molar-refractivity contribution in [3.05, 3.63) is 29.3 Å². The van der Waals surface area contributed by atoms with Gasteiger partial charge in [-0.25, -0.2) is 14.2 Å². The third kappa shape index (κ3) is 3.10. The maximum absolute atomic E-state index is 13.1. The number of carbonyl (C=O) groups is 2. The number of rotatable bonds is 4. The Morgan fingerprint density at radius 2 is 2.06 bits per heavy atom. The van der Waals surface area contributed by atoms with Crippen LogP contribution in [0.2, 0.25) is 0 Å². The lowest BCUT2D eigenvalue weighted by Gasteiger charge is -2.03. The second-order valence-electron chi connectivity index (χ2n) is 2.83. The topological polar surface area (TPSA) is 56.3 Å². The van der Waals surface area contributed by atoms with E-state index in [1.165, 1.54) is 0 Å². The number of aromatic nitrogens is 1. The molecule has 0 spiro atoms. The zero-order valence-electron chi connectivity index (χ0n) is 8.50. The molecule has 0 saturated carbocycles. The predicted octanol–water partition coefficient (Wildman–Crippen LogP) is 1.97. The minimum atomic E-state index is -0.745.